The predicted octanol–water partition coefficient (Wildman–Crippen LogP) is 2.60. The first-order valence-electron chi connectivity index (χ1n) is 5.47. The number of aromatic nitrogens is 2. The minimum Gasteiger partial charge on any atom is -0.298 e. The van der Waals surface area contributed by atoms with Crippen LogP contribution in [-0.2, 0) is 0 Å². The molecular weight excluding hydrogens is 200 g/mol. The van der Waals surface area contributed by atoms with Gasteiger partial charge in [0, 0.05) is 11.8 Å². The van der Waals surface area contributed by atoms with E-state index < -0.39 is 0 Å². The maximum Gasteiger partial charge on any atom is 0.274 e. The van der Waals surface area contributed by atoms with Crippen molar-refractivity contribution < 1.29 is 0 Å². The van der Waals surface area contributed by atoms with Crippen molar-refractivity contribution in [2.45, 2.75) is 26.7 Å². The Morgan fingerprint density at radius 2 is 1.94 bits per heavy atom. The average Bonchev–Trinajstić information content (AvgIpc) is 2.61. The molecule has 1 aromatic carbocycles. The first-order valence-corrected chi connectivity index (χ1v) is 5.47. The van der Waals surface area contributed by atoms with Gasteiger partial charge in [-0.2, -0.15) is 0 Å². The molecule has 1 heterocycles. The molecule has 0 saturated heterocycles. The fraction of sp³-hybridized carbons (Fsp3) is 0.308. The number of hydrogen-bond donors (Lipinski definition) is 1. The van der Waals surface area contributed by atoms with Gasteiger partial charge in [-0.05, 0) is 24.5 Å². The largest absolute Gasteiger partial charge is 0.298 e. The number of nitrogens with zero attached hydrogens (tertiary/aromatic N) is 1. The maximum absolute atomic E-state index is 12.1. The Bertz CT molecular complexity index is 549. The number of H-pyrrole nitrogens is 1. The number of rotatable bonds is 2. The third kappa shape index (κ3) is 1.69. The third-order valence-electron chi connectivity index (χ3n) is 2.78. The van der Waals surface area contributed by atoms with E-state index in [-0.39, 0.29) is 11.5 Å². The summed E-state index contributed by atoms with van der Waals surface area (Å²) in [6, 6.07) is 7.84. The second kappa shape index (κ2) is 4.00. The summed E-state index contributed by atoms with van der Waals surface area (Å²) < 4.78 is 1.60. The van der Waals surface area contributed by atoms with Crippen LogP contribution in [0.1, 0.15) is 30.9 Å². The maximum atomic E-state index is 12.1. The molecular formula is C13H16N2O. The highest BCUT2D eigenvalue weighted by atomic mass is 16.1. The normalized spacial score (nSPS) is 11.0. The molecule has 3 heteroatoms. The van der Waals surface area contributed by atoms with Gasteiger partial charge in [0.25, 0.3) is 5.56 Å². The highest BCUT2D eigenvalue weighted by Gasteiger charge is 2.11. The third-order valence-corrected chi connectivity index (χ3v) is 2.78. The SMILES string of the molecule is Cc1ccccc1-n1[nH]cc(C(C)C)c1=O. The summed E-state index contributed by atoms with van der Waals surface area (Å²) in [5, 5.41) is 3.02. The van der Waals surface area contributed by atoms with Gasteiger partial charge in [0.05, 0.1) is 5.69 Å². The van der Waals surface area contributed by atoms with E-state index >= 15 is 0 Å². The van der Waals surface area contributed by atoms with Crippen LogP contribution in [0.3, 0.4) is 0 Å². The minimum absolute atomic E-state index is 0.0456. The Balaban J connectivity index is 2.59. The van der Waals surface area contributed by atoms with Gasteiger partial charge in [-0.3, -0.25) is 9.89 Å². The number of aromatic amines is 1. The number of aryl methyl sites for hydroxylation is 1. The molecule has 2 aromatic rings. The van der Waals surface area contributed by atoms with Crippen LogP contribution in [-0.4, -0.2) is 9.78 Å². The number of nitrogens with one attached hydrogen (secondary N) is 1. The van der Waals surface area contributed by atoms with Gasteiger partial charge in [0.1, 0.15) is 0 Å². The molecule has 0 aliphatic rings. The van der Waals surface area contributed by atoms with Crippen molar-refractivity contribution >= 4 is 0 Å². The second-order valence-electron chi connectivity index (χ2n) is 4.31. The molecule has 3 nitrogen and oxygen atoms in total. The zero-order valence-electron chi connectivity index (χ0n) is 9.82. The highest BCUT2D eigenvalue weighted by molar-refractivity contribution is 5.39. The quantitative estimate of drug-likeness (QED) is 0.823. The summed E-state index contributed by atoms with van der Waals surface area (Å²) in [6.07, 6.45) is 1.79. The molecule has 0 radical (unpaired) electrons. The van der Waals surface area contributed by atoms with Crippen molar-refractivity contribution in [1.29, 1.82) is 0 Å². The van der Waals surface area contributed by atoms with Crippen LogP contribution >= 0.6 is 0 Å². The van der Waals surface area contributed by atoms with E-state index in [1.54, 1.807) is 10.9 Å². The summed E-state index contributed by atoms with van der Waals surface area (Å²) in [5.74, 6) is 0.244. The molecule has 84 valence electrons. The Morgan fingerprint density at radius 3 is 2.50 bits per heavy atom. The van der Waals surface area contributed by atoms with Crippen LogP contribution < -0.4 is 5.56 Å². The molecule has 0 saturated carbocycles. The monoisotopic (exact) mass is 216 g/mol. The summed E-state index contributed by atoms with van der Waals surface area (Å²) in [7, 11) is 0. The van der Waals surface area contributed by atoms with E-state index in [4.69, 9.17) is 0 Å². The van der Waals surface area contributed by atoms with Crippen molar-refractivity contribution in [2.75, 3.05) is 0 Å². The lowest BCUT2D eigenvalue weighted by Crippen LogP contribution is -2.18. The van der Waals surface area contributed by atoms with E-state index in [0.717, 1.165) is 16.8 Å². The Hall–Kier alpha value is -1.77. The van der Waals surface area contributed by atoms with Crippen molar-refractivity contribution in [2.24, 2.45) is 0 Å². The number of benzene rings is 1. The summed E-state index contributed by atoms with van der Waals surface area (Å²) in [5.41, 5.74) is 2.87. The minimum atomic E-state index is 0.0456. The first-order chi connectivity index (χ1) is 7.61. The lowest BCUT2D eigenvalue weighted by atomic mass is 10.1. The number of hydrogen-bond acceptors (Lipinski definition) is 1. The summed E-state index contributed by atoms with van der Waals surface area (Å²) in [6.45, 7) is 6.04. The fourth-order valence-corrected chi connectivity index (χ4v) is 1.79. The highest BCUT2D eigenvalue weighted by Crippen LogP contribution is 2.13. The summed E-state index contributed by atoms with van der Waals surface area (Å²) >= 11 is 0. The zero-order valence-corrected chi connectivity index (χ0v) is 9.82. The smallest absolute Gasteiger partial charge is 0.274 e. The molecule has 0 aliphatic carbocycles. The Kier molecular flexibility index (Phi) is 2.69. The van der Waals surface area contributed by atoms with E-state index in [1.165, 1.54) is 0 Å². The van der Waals surface area contributed by atoms with Crippen molar-refractivity contribution in [3.8, 4) is 5.69 Å². The number of para-hydroxylation sites is 1. The van der Waals surface area contributed by atoms with E-state index in [2.05, 4.69) is 5.10 Å². The molecule has 0 amide bonds. The van der Waals surface area contributed by atoms with Crippen LogP contribution in [0.2, 0.25) is 0 Å². The molecule has 0 spiro atoms. The van der Waals surface area contributed by atoms with Gasteiger partial charge >= 0.3 is 0 Å². The van der Waals surface area contributed by atoms with Gasteiger partial charge in [-0.25, -0.2) is 4.68 Å². The van der Waals surface area contributed by atoms with Gasteiger partial charge in [-0.1, -0.05) is 32.0 Å². The van der Waals surface area contributed by atoms with Gasteiger partial charge < -0.3 is 0 Å². The van der Waals surface area contributed by atoms with Crippen LogP contribution in [0.25, 0.3) is 5.69 Å². The molecule has 0 bridgehead atoms. The summed E-state index contributed by atoms with van der Waals surface area (Å²) in [4.78, 5) is 12.1. The molecule has 0 fully saturated rings. The molecule has 0 atom stereocenters. The van der Waals surface area contributed by atoms with Gasteiger partial charge in [-0.15, -0.1) is 0 Å². The molecule has 1 aromatic heterocycles. The van der Waals surface area contributed by atoms with Crippen molar-refractivity contribution in [3.63, 3.8) is 0 Å². The van der Waals surface area contributed by atoms with E-state index in [0.29, 0.717) is 0 Å². The predicted molar refractivity (Wildman–Crippen MR) is 65.2 cm³/mol. The van der Waals surface area contributed by atoms with E-state index in [1.807, 2.05) is 45.0 Å². The van der Waals surface area contributed by atoms with Crippen LogP contribution in [0, 0.1) is 6.92 Å². The lowest BCUT2D eigenvalue weighted by molar-refractivity contribution is 0.821. The first kappa shape index (κ1) is 10.7. The van der Waals surface area contributed by atoms with Crippen LogP contribution in [0.15, 0.2) is 35.3 Å². The molecule has 1 N–H and O–H groups in total. The van der Waals surface area contributed by atoms with Gasteiger partial charge in [0.15, 0.2) is 0 Å². The second-order valence-corrected chi connectivity index (χ2v) is 4.31. The van der Waals surface area contributed by atoms with Crippen LogP contribution in [0.5, 0.6) is 0 Å². The van der Waals surface area contributed by atoms with Crippen molar-refractivity contribution in [1.82, 2.24) is 9.78 Å². The van der Waals surface area contributed by atoms with Crippen LogP contribution in [0.4, 0.5) is 0 Å². The Morgan fingerprint density at radius 1 is 1.25 bits per heavy atom. The Labute approximate surface area is 94.7 Å². The van der Waals surface area contributed by atoms with Gasteiger partial charge in [0.2, 0.25) is 0 Å². The topological polar surface area (TPSA) is 37.8 Å². The molecule has 0 aliphatic heterocycles. The molecule has 0 unspecified atom stereocenters. The standard InChI is InChI=1S/C13H16N2O/c1-9(2)11-8-14-15(13(11)16)12-7-5-4-6-10(12)3/h4-9,14H,1-3H3. The molecule has 16 heavy (non-hydrogen) atoms. The molecule has 2 rings (SSSR count). The van der Waals surface area contributed by atoms with E-state index in [9.17, 15) is 4.79 Å². The van der Waals surface area contributed by atoms with Crippen molar-refractivity contribution in [3.05, 3.63) is 51.9 Å². The fourth-order valence-electron chi connectivity index (χ4n) is 1.79. The zero-order chi connectivity index (χ0) is 11.7. The average molecular weight is 216 g/mol. The lowest BCUT2D eigenvalue weighted by Gasteiger charge is -2.04.